The van der Waals surface area contributed by atoms with Crippen molar-refractivity contribution in [1.82, 2.24) is 9.97 Å². The number of aromatic nitrogens is 2. The molecule has 3 rings (SSSR count). The van der Waals surface area contributed by atoms with Crippen LogP contribution in [0.5, 0.6) is 11.5 Å². The van der Waals surface area contributed by atoms with Gasteiger partial charge in [0, 0.05) is 18.5 Å². The highest BCUT2D eigenvalue weighted by atomic mass is 19.4. The van der Waals surface area contributed by atoms with Crippen LogP contribution in [0.3, 0.4) is 0 Å². The second-order valence-corrected chi connectivity index (χ2v) is 5.26. The number of ether oxygens (including phenoxy) is 2. The van der Waals surface area contributed by atoms with E-state index in [9.17, 15) is 13.2 Å². The fraction of sp³-hybridized carbons (Fsp3) is 0.467. The number of hydrogen-bond donors (Lipinski definition) is 0. The Labute approximate surface area is 131 Å². The monoisotopic (exact) mass is 327 g/mol. The fourth-order valence-electron chi connectivity index (χ4n) is 2.79. The number of methoxy groups -OCH3 is 2. The molecule has 1 aliphatic rings. The van der Waals surface area contributed by atoms with Gasteiger partial charge in [0.05, 0.1) is 14.2 Å². The average molecular weight is 327 g/mol. The normalized spacial score (nSPS) is 15.3. The van der Waals surface area contributed by atoms with Crippen molar-refractivity contribution in [2.75, 3.05) is 32.2 Å². The Kier molecular flexibility index (Phi) is 3.91. The summed E-state index contributed by atoms with van der Waals surface area (Å²) in [5.74, 6) is -0.364. The molecule has 0 bridgehead atoms. The van der Waals surface area contributed by atoms with Gasteiger partial charge in [0.1, 0.15) is 11.3 Å². The predicted octanol–water partition coefficient (Wildman–Crippen LogP) is 3.27. The Hall–Kier alpha value is -2.25. The van der Waals surface area contributed by atoms with Gasteiger partial charge in [0.2, 0.25) is 5.82 Å². The minimum absolute atomic E-state index is 0.107. The number of halogens is 3. The topological polar surface area (TPSA) is 47.5 Å². The smallest absolute Gasteiger partial charge is 0.451 e. The highest BCUT2D eigenvalue weighted by Gasteiger charge is 2.37. The molecule has 5 nitrogen and oxygen atoms in total. The van der Waals surface area contributed by atoms with E-state index in [0.717, 1.165) is 12.8 Å². The average Bonchev–Trinajstić information content (AvgIpc) is 3.05. The molecular weight excluding hydrogens is 311 g/mol. The summed E-state index contributed by atoms with van der Waals surface area (Å²) in [4.78, 5) is 9.32. The Morgan fingerprint density at radius 3 is 2.30 bits per heavy atom. The van der Waals surface area contributed by atoms with Crippen molar-refractivity contribution in [3.63, 3.8) is 0 Å². The van der Waals surface area contributed by atoms with Gasteiger partial charge in [-0.3, -0.25) is 0 Å². The Morgan fingerprint density at radius 2 is 1.74 bits per heavy atom. The van der Waals surface area contributed by atoms with Crippen LogP contribution in [-0.4, -0.2) is 37.3 Å². The molecule has 0 aliphatic carbocycles. The number of benzene rings is 1. The van der Waals surface area contributed by atoms with Gasteiger partial charge in [-0.1, -0.05) is 0 Å². The van der Waals surface area contributed by atoms with Gasteiger partial charge in [0.25, 0.3) is 0 Å². The molecule has 1 aliphatic heterocycles. The molecule has 0 amide bonds. The molecule has 124 valence electrons. The van der Waals surface area contributed by atoms with Crippen LogP contribution in [0.15, 0.2) is 12.1 Å². The second kappa shape index (κ2) is 5.75. The summed E-state index contributed by atoms with van der Waals surface area (Å²) in [7, 11) is 2.80. The molecule has 1 aromatic heterocycles. The summed E-state index contributed by atoms with van der Waals surface area (Å²) in [5, 5.41) is 0.526. The van der Waals surface area contributed by atoms with Crippen LogP contribution in [0.2, 0.25) is 0 Å². The Bertz CT molecular complexity index is 728. The lowest BCUT2D eigenvalue weighted by molar-refractivity contribution is -0.144. The van der Waals surface area contributed by atoms with Gasteiger partial charge in [-0.2, -0.15) is 13.2 Å². The molecule has 0 saturated carbocycles. The third kappa shape index (κ3) is 2.73. The number of fused-ring (bicyclic) bond motifs is 1. The maximum Gasteiger partial charge on any atom is 0.451 e. The van der Waals surface area contributed by atoms with E-state index in [-0.39, 0.29) is 11.3 Å². The van der Waals surface area contributed by atoms with Gasteiger partial charge >= 0.3 is 6.18 Å². The summed E-state index contributed by atoms with van der Waals surface area (Å²) in [6.07, 6.45) is -2.77. The number of hydrogen-bond acceptors (Lipinski definition) is 5. The second-order valence-electron chi connectivity index (χ2n) is 5.26. The van der Waals surface area contributed by atoms with Crippen LogP contribution < -0.4 is 14.4 Å². The number of anilines is 1. The Balaban J connectivity index is 2.31. The van der Waals surface area contributed by atoms with E-state index in [1.807, 2.05) is 4.90 Å². The summed E-state index contributed by atoms with van der Waals surface area (Å²) in [6.45, 7) is 1.36. The van der Waals surface area contributed by atoms with Crippen LogP contribution >= 0.6 is 0 Å². The van der Waals surface area contributed by atoms with Gasteiger partial charge < -0.3 is 14.4 Å². The van der Waals surface area contributed by atoms with Crippen LogP contribution in [0.25, 0.3) is 10.9 Å². The first kappa shape index (κ1) is 15.6. The molecule has 0 N–H and O–H groups in total. The van der Waals surface area contributed by atoms with Gasteiger partial charge in [0.15, 0.2) is 11.5 Å². The molecule has 0 atom stereocenters. The van der Waals surface area contributed by atoms with Crippen LogP contribution in [0, 0.1) is 0 Å². The van der Waals surface area contributed by atoms with Gasteiger partial charge in [-0.15, -0.1) is 0 Å². The van der Waals surface area contributed by atoms with Crippen LogP contribution in [0.1, 0.15) is 18.7 Å². The lowest BCUT2D eigenvalue weighted by Crippen LogP contribution is -2.22. The van der Waals surface area contributed by atoms with Crippen LogP contribution in [0.4, 0.5) is 19.0 Å². The van der Waals surface area contributed by atoms with Crippen LogP contribution in [-0.2, 0) is 6.18 Å². The van der Waals surface area contributed by atoms with Crippen molar-refractivity contribution in [3.05, 3.63) is 18.0 Å². The first-order chi connectivity index (χ1) is 11.0. The quantitative estimate of drug-likeness (QED) is 0.866. The third-order valence-corrected chi connectivity index (χ3v) is 3.85. The zero-order valence-corrected chi connectivity index (χ0v) is 12.8. The SMILES string of the molecule is COc1ccc2c(N3CCCC3)nc(C(F)(F)F)nc2c1OC. The van der Waals surface area contributed by atoms with Gasteiger partial charge in [-0.05, 0) is 25.0 Å². The summed E-state index contributed by atoms with van der Waals surface area (Å²) in [6, 6.07) is 3.32. The van der Waals surface area contributed by atoms with Crippen molar-refractivity contribution < 1.29 is 22.6 Å². The Morgan fingerprint density at radius 1 is 1.04 bits per heavy atom. The zero-order valence-electron chi connectivity index (χ0n) is 12.8. The van der Waals surface area contributed by atoms with E-state index < -0.39 is 12.0 Å². The largest absolute Gasteiger partial charge is 0.493 e. The summed E-state index contributed by atoms with van der Waals surface area (Å²) < 4.78 is 49.9. The fourth-order valence-corrected chi connectivity index (χ4v) is 2.79. The van der Waals surface area contributed by atoms with E-state index in [4.69, 9.17) is 9.47 Å². The predicted molar refractivity (Wildman–Crippen MR) is 79.1 cm³/mol. The van der Waals surface area contributed by atoms with Crippen molar-refractivity contribution in [2.45, 2.75) is 19.0 Å². The first-order valence-corrected chi connectivity index (χ1v) is 7.20. The van der Waals surface area contributed by atoms with Crippen molar-refractivity contribution in [3.8, 4) is 11.5 Å². The lowest BCUT2D eigenvalue weighted by Gasteiger charge is -2.21. The maximum atomic E-state index is 13.2. The highest BCUT2D eigenvalue weighted by molar-refractivity contribution is 5.95. The third-order valence-electron chi connectivity index (χ3n) is 3.85. The zero-order chi connectivity index (χ0) is 16.6. The molecule has 8 heteroatoms. The molecule has 0 radical (unpaired) electrons. The molecule has 0 unspecified atom stereocenters. The van der Waals surface area contributed by atoms with Crippen molar-refractivity contribution in [1.29, 1.82) is 0 Å². The molecule has 1 aromatic carbocycles. The standard InChI is InChI=1S/C15H16F3N3O2/c1-22-10-6-5-9-11(12(10)23-2)19-14(15(16,17)18)20-13(9)21-7-3-4-8-21/h5-6H,3-4,7-8H2,1-2H3. The molecule has 1 saturated heterocycles. The molecule has 0 spiro atoms. The number of nitrogens with zero attached hydrogens (tertiary/aromatic N) is 3. The molecule has 23 heavy (non-hydrogen) atoms. The minimum atomic E-state index is -4.63. The molecular formula is C15H16F3N3O2. The van der Waals surface area contributed by atoms with Crippen molar-refractivity contribution in [2.24, 2.45) is 0 Å². The maximum absolute atomic E-state index is 13.2. The lowest BCUT2D eigenvalue weighted by atomic mass is 10.2. The molecule has 2 heterocycles. The van der Waals surface area contributed by atoms with E-state index in [0.29, 0.717) is 30.0 Å². The van der Waals surface area contributed by atoms with E-state index in [1.165, 1.54) is 14.2 Å². The van der Waals surface area contributed by atoms with Crippen molar-refractivity contribution >= 4 is 16.7 Å². The van der Waals surface area contributed by atoms with E-state index in [2.05, 4.69) is 9.97 Å². The molecule has 2 aromatic rings. The summed E-state index contributed by atoms with van der Waals surface area (Å²) in [5.41, 5.74) is 0.107. The summed E-state index contributed by atoms with van der Waals surface area (Å²) >= 11 is 0. The molecule has 1 fully saturated rings. The number of alkyl halides is 3. The first-order valence-electron chi connectivity index (χ1n) is 7.20. The van der Waals surface area contributed by atoms with E-state index in [1.54, 1.807) is 12.1 Å². The minimum Gasteiger partial charge on any atom is -0.493 e. The number of rotatable bonds is 3. The highest BCUT2D eigenvalue weighted by Crippen LogP contribution is 2.40. The van der Waals surface area contributed by atoms with E-state index >= 15 is 0 Å². The van der Waals surface area contributed by atoms with Gasteiger partial charge in [-0.25, -0.2) is 9.97 Å².